The number of rotatable bonds is 5. The molecule has 1 amide bonds. The van der Waals surface area contributed by atoms with Gasteiger partial charge in [0.25, 0.3) is 11.6 Å². The fraction of sp³-hybridized carbons (Fsp3) is 0.0435. The van der Waals surface area contributed by atoms with Crippen molar-refractivity contribution >= 4 is 55.7 Å². The number of fused-ring (bicyclic) bond motifs is 1. The lowest BCUT2D eigenvalue weighted by Gasteiger charge is -2.24. The SMILES string of the molecule is O=C(C1=C(O)C(=O)N(c2nc3c(Cl)cccc3s2)C1c1cccc([N+](=O)[O-])c1)c1cccnc1. The molecule has 0 saturated carbocycles. The van der Waals surface area contributed by atoms with Crippen molar-refractivity contribution in [1.82, 2.24) is 9.97 Å². The number of carbonyl (C=O) groups is 2. The maximum absolute atomic E-state index is 13.4. The number of non-ortho nitro benzene ring substituents is 1. The summed E-state index contributed by atoms with van der Waals surface area (Å²) in [7, 11) is 0. The monoisotopic (exact) mass is 492 g/mol. The lowest BCUT2D eigenvalue weighted by Crippen LogP contribution is -2.31. The van der Waals surface area contributed by atoms with Crippen molar-refractivity contribution in [3.8, 4) is 0 Å². The van der Waals surface area contributed by atoms with Crippen LogP contribution in [-0.4, -0.2) is 31.7 Å². The molecule has 1 N–H and O–H groups in total. The third kappa shape index (κ3) is 3.49. The van der Waals surface area contributed by atoms with Gasteiger partial charge < -0.3 is 5.11 Å². The summed E-state index contributed by atoms with van der Waals surface area (Å²) in [6.07, 6.45) is 2.80. The number of anilines is 1. The minimum Gasteiger partial charge on any atom is -0.503 e. The van der Waals surface area contributed by atoms with Gasteiger partial charge in [-0.1, -0.05) is 41.1 Å². The predicted octanol–water partition coefficient (Wildman–Crippen LogP) is 5.04. The van der Waals surface area contributed by atoms with E-state index in [0.29, 0.717) is 15.2 Å². The Morgan fingerprint density at radius 1 is 1.18 bits per heavy atom. The molecular formula is C23H13ClN4O5S. The van der Waals surface area contributed by atoms with Gasteiger partial charge in [0.15, 0.2) is 16.7 Å². The number of pyridine rings is 1. The number of aromatic nitrogens is 2. The maximum atomic E-state index is 13.4. The van der Waals surface area contributed by atoms with Crippen LogP contribution in [0.5, 0.6) is 0 Å². The summed E-state index contributed by atoms with van der Waals surface area (Å²) in [6, 6.07) is 12.6. The number of para-hydroxylation sites is 1. The second-order valence-electron chi connectivity index (χ2n) is 7.35. The van der Waals surface area contributed by atoms with Crippen molar-refractivity contribution in [2.45, 2.75) is 6.04 Å². The van der Waals surface area contributed by atoms with Crippen molar-refractivity contribution in [3.63, 3.8) is 0 Å². The molecule has 9 nitrogen and oxygen atoms in total. The number of amides is 1. The van der Waals surface area contributed by atoms with E-state index in [-0.39, 0.29) is 27.5 Å². The first-order valence-electron chi connectivity index (χ1n) is 9.87. The van der Waals surface area contributed by atoms with Crippen LogP contribution in [0.25, 0.3) is 10.2 Å². The van der Waals surface area contributed by atoms with Crippen molar-refractivity contribution in [3.05, 3.63) is 105 Å². The Balaban J connectivity index is 1.72. The molecule has 1 aliphatic rings. The Kier molecular flexibility index (Phi) is 5.31. The van der Waals surface area contributed by atoms with Gasteiger partial charge in [-0.3, -0.25) is 29.6 Å². The van der Waals surface area contributed by atoms with E-state index in [1.54, 1.807) is 30.3 Å². The van der Waals surface area contributed by atoms with Crippen LogP contribution in [0.1, 0.15) is 22.0 Å². The number of nitro groups is 1. The second kappa shape index (κ2) is 8.32. The number of aliphatic hydroxyl groups is 1. The highest BCUT2D eigenvalue weighted by molar-refractivity contribution is 7.22. The lowest BCUT2D eigenvalue weighted by molar-refractivity contribution is -0.384. The third-order valence-corrected chi connectivity index (χ3v) is 6.66. The minimum atomic E-state index is -1.15. The average Bonchev–Trinajstić information content (AvgIpc) is 3.39. The summed E-state index contributed by atoms with van der Waals surface area (Å²) in [6.45, 7) is 0. The lowest BCUT2D eigenvalue weighted by atomic mass is 9.93. The summed E-state index contributed by atoms with van der Waals surface area (Å²) in [4.78, 5) is 47.1. The Morgan fingerprint density at radius 2 is 1.97 bits per heavy atom. The number of benzene rings is 2. The van der Waals surface area contributed by atoms with E-state index in [1.165, 1.54) is 41.6 Å². The first kappa shape index (κ1) is 21.7. The third-order valence-electron chi connectivity index (χ3n) is 5.34. The number of ketones is 1. The molecule has 1 atom stereocenters. The summed E-state index contributed by atoms with van der Waals surface area (Å²) < 4.78 is 0.694. The van der Waals surface area contributed by atoms with Gasteiger partial charge in [0, 0.05) is 30.1 Å². The zero-order chi connectivity index (χ0) is 24.0. The van der Waals surface area contributed by atoms with Crippen LogP contribution in [-0.2, 0) is 4.79 Å². The van der Waals surface area contributed by atoms with Gasteiger partial charge in [0.2, 0.25) is 0 Å². The molecule has 0 aliphatic carbocycles. The van der Waals surface area contributed by atoms with Gasteiger partial charge >= 0.3 is 0 Å². The van der Waals surface area contributed by atoms with Gasteiger partial charge in [-0.2, -0.15) is 0 Å². The smallest absolute Gasteiger partial charge is 0.296 e. The van der Waals surface area contributed by atoms with Crippen molar-refractivity contribution in [2.75, 3.05) is 4.90 Å². The largest absolute Gasteiger partial charge is 0.503 e. The number of hydrogen-bond acceptors (Lipinski definition) is 8. The van der Waals surface area contributed by atoms with Crippen molar-refractivity contribution < 1.29 is 19.6 Å². The van der Waals surface area contributed by atoms with Crippen LogP contribution >= 0.6 is 22.9 Å². The Morgan fingerprint density at radius 3 is 2.68 bits per heavy atom. The molecule has 5 rings (SSSR count). The van der Waals surface area contributed by atoms with E-state index >= 15 is 0 Å². The summed E-state index contributed by atoms with van der Waals surface area (Å²) in [5.41, 5.74) is 0.438. The zero-order valence-corrected chi connectivity index (χ0v) is 18.7. The fourth-order valence-electron chi connectivity index (χ4n) is 3.82. The highest BCUT2D eigenvalue weighted by Gasteiger charge is 2.46. The highest BCUT2D eigenvalue weighted by Crippen LogP contribution is 2.45. The average molecular weight is 493 g/mol. The van der Waals surface area contributed by atoms with Gasteiger partial charge in [-0.25, -0.2) is 4.98 Å². The molecule has 2 aromatic carbocycles. The number of nitro benzene ring substituents is 1. The van der Waals surface area contributed by atoms with Crippen LogP contribution in [0.15, 0.2) is 78.3 Å². The van der Waals surface area contributed by atoms with Crippen LogP contribution in [0.3, 0.4) is 0 Å². The van der Waals surface area contributed by atoms with Gasteiger partial charge in [-0.15, -0.1) is 0 Å². The molecule has 4 aromatic rings. The number of nitrogens with zero attached hydrogens (tertiary/aromatic N) is 4. The van der Waals surface area contributed by atoms with Gasteiger partial charge in [0.05, 0.1) is 26.3 Å². The second-order valence-corrected chi connectivity index (χ2v) is 8.76. The predicted molar refractivity (Wildman–Crippen MR) is 126 cm³/mol. The van der Waals surface area contributed by atoms with E-state index in [4.69, 9.17) is 11.6 Å². The molecule has 0 bridgehead atoms. The molecule has 0 radical (unpaired) electrons. The Hall–Kier alpha value is -4.15. The highest BCUT2D eigenvalue weighted by atomic mass is 35.5. The molecule has 11 heteroatoms. The molecular weight excluding hydrogens is 480 g/mol. The van der Waals surface area contributed by atoms with Crippen LogP contribution in [0, 0.1) is 10.1 Å². The first-order valence-corrected chi connectivity index (χ1v) is 11.1. The minimum absolute atomic E-state index is 0.154. The standard InChI is InChI=1S/C23H13ClN4O5S/c24-15-7-2-8-16-18(15)26-23(34-16)27-19(12-4-1-6-14(10-12)28(32)33)17(21(30)22(27)31)20(29)13-5-3-9-25-11-13/h1-11,19,30H. The number of Topliss-reactive ketones (excluding diaryl/α,β-unsaturated/α-hetero) is 1. The number of carbonyl (C=O) groups excluding carboxylic acids is 2. The molecule has 0 saturated heterocycles. The first-order chi connectivity index (χ1) is 16.4. The number of thiazole rings is 1. The van der Waals surface area contributed by atoms with E-state index in [9.17, 15) is 24.8 Å². The van der Waals surface area contributed by atoms with E-state index in [2.05, 4.69) is 9.97 Å². The number of aliphatic hydroxyl groups excluding tert-OH is 1. The van der Waals surface area contributed by atoms with E-state index in [1.807, 2.05) is 0 Å². The Labute approximate surface area is 200 Å². The normalized spacial score (nSPS) is 15.9. The molecule has 168 valence electrons. The zero-order valence-electron chi connectivity index (χ0n) is 17.1. The number of halogens is 1. The fourth-order valence-corrected chi connectivity index (χ4v) is 5.11. The van der Waals surface area contributed by atoms with Crippen LogP contribution in [0.4, 0.5) is 10.8 Å². The Bertz CT molecular complexity index is 1520. The quantitative estimate of drug-likeness (QED) is 0.235. The summed E-state index contributed by atoms with van der Waals surface area (Å²) in [5, 5.41) is 22.8. The van der Waals surface area contributed by atoms with E-state index < -0.39 is 28.4 Å². The molecule has 1 unspecified atom stereocenters. The molecule has 1 aliphatic heterocycles. The van der Waals surface area contributed by atoms with Crippen molar-refractivity contribution in [1.29, 1.82) is 0 Å². The summed E-state index contributed by atoms with van der Waals surface area (Å²) >= 11 is 7.40. The number of hydrogen-bond donors (Lipinski definition) is 1. The molecule has 34 heavy (non-hydrogen) atoms. The molecule has 2 aromatic heterocycles. The van der Waals surface area contributed by atoms with Crippen LogP contribution < -0.4 is 4.90 Å². The van der Waals surface area contributed by atoms with Crippen molar-refractivity contribution in [2.24, 2.45) is 0 Å². The van der Waals surface area contributed by atoms with Crippen LogP contribution in [0.2, 0.25) is 5.02 Å². The molecule has 0 fully saturated rings. The molecule has 0 spiro atoms. The topological polar surface area (TPSA) is 127 Å². The van der Waals surface area contributed by atoms with Gasteiger partial charge in [0.1, 0.15) is 5.52 Å². The molecule has 3 heterocycles. The summed E-state index contributed by atoms with van der Waals surface area (Å²) in [5.74, 6) is -2.23. The maximum Gasteiger partial charge on any atom is 0.296 e. The van der Waals surface area contributed by atoms with Gasteiger partial charge in [-0.05, 0) is 29.8 Å². The van der Waals surface area contributed by atoms with E-state index in [0.717, 1.165) is 11.3 Å².